The van der Waals surface area contributed by atoms with Crippen LogP contribution in [0.15, 0.2) is 29.7 Å². The summed E-state index contributed by atoms with van der Waals surface area (Å²) in [6.07, 6.45) is 1.80. The first-order valence-electron chi connectivity index (χ1n) is 6.20. The van der Waals surface area contributed by atoms with E-state index in [0.29, 0.717) is 17.9 Å². The van der Waals surface area contributed by atoms with E-state index in [1.165, 1.54) is 0 Å². The third kappa shape index (κ3) is 2.59. The van der Waals surface area contributed by atoms with Gasteiger partial charge >= 0.3 is 0 Å². The number of aromatic nitrogens is 2. The normalized spacial score (nSPS) is 11.7. The van der Waals surface area contributed by atoms with Gasteiger partial charge in [0.15, 0.2) is 5.84 Å². The maximum absolute atomic E-state index is 8.83. The molecular weight excluding hydrogens is 256 g/mol. The second-order valence-corrected chi connectivity index (χ2v) is 4.56. The summed E-state index contributed by atoms with van der Waals surface area (Å²) in [4.78, 5) is 4.27. The maximum Gasteiger partial charge on any atom is 0.173 e. The molecule has 0 saturated carbocycles. The Bertz CT molecular complexity index is 647. The minimum absolute atomic E-state index is 0.0298. The van der Waals surface area contributed by atoms with Crippen LogP contribution in [0.1, 0.15) is 22.5 Å². The number of methoxy groups -OCH3 is 1. The van der Waals surface area contributed by atoms with Crippen molar-refractivity contribution in [1.82, 2.24) is 9.55 Å². The molecule has 6 heteroatoms. The molecule has 0 bridgehead atoms. The Labute approximate surface area is 117 Å². The molecule has 0 saturated heterocycles. The van der Waals surface area contributed by atoms with E-state index >= 15 is 0 Å². The van der Waals surface area contributed by atoms with Crippen LogP contribution < -0.4 is 10.5 Å². The lowest BCUT2D eigenvalue weighted by molar-refractivity contribution is 0.318. The Morgan fingerprint density at radius 3 is 2.75 bits per heavy atom. The van der Waals surface area contributed by atoms with E-state index in [9.17, 15) is 0 Å². The number of nitrogens with zero attached hydrogens (tertiary/aromatic N) is 3. The number of oxime groups is 1. The first-order chi connectivity index (χ1) is 9.56. The van der Waals surface area contributed by atoms with Crippen LogP contribution in [0, 0.1) is 13.8 Å². The standard InChI is InChI=1S/C14H18N4O2/c1-9-10(2)18(8-16-9)7-11-4-5-13(20-3)12(6-11)14(15)17-19/h4-6,8,19H,7H2,1-3H3,(H2,15,17). The summed E-state index contributed by atoms with van der Waals surface area (Å²) >= 11 is 0. The summed E-state index contributed by atoms with van der Waals surface area (Å²) in [6.45, 7) is 4.67. The van der Waals surface area contributed by atoms with Crippen molar-refractivity contribution >= 4 is 5.84 Å². The highest BCUT2D eigenvalue weighted by Gasteiger charge is 2.10. The molecule has 2 aromatic rings. The van der Waals surface area contributed by atoms with Crippen LogP contribution in [0.5, 0.6) is 5.75 Å². The van der Waals surface area contributed by atoms with Gasteiger partial charge in [0.25, 0.3) is 0 Å². The van der Waals surface area contributed by atoms with Crippen molar-refractivity contribution in [3.05, 3.63) is 47.0 Å². The zero-order valence-electron chi connectivity index (χ0n) is 11.8. The van der Waals surface area contributed by atoms with Crippen molar-refractivity contribution in [2.45, 2.75) is 20.4 Å². The van der Waals surface area contributed by atoms with Crippen LogP contribution in [0.3, 0.4) is 0 Å². The average molecular weight is 274 g/mol. The molecule has 1 aromatic heterocycles. The topological polar surface area (TPSA) is 85.7 Å². The van der Waals surface area contributed by atoms with Crippen molar-refractivity contribution in [2.75, 3.05) is 7.11 Å². The first-order valence-corrected chi connectivity index (χ1v) is 6.20. The number of hydrogen-bond donors (Lipinski definition) is 2. The number of aryl methyl sites for hydroxylation is 1. The molecule has 0 aliphatic carbocycles. The predicted molar refractivity (Wildman–Crippen MR) is 76.3 cm³/mol. The number of rotatable bonds is 4. The van der Waals surface area contributed by atoms with Crippen molar-refractivity contribution < 1.29 is 9.94 Å². The third-order valence-electron chi connectivity index (χ3n) is 3.35. The summed E-state index contributed by atoms with van der Waals surface area (Å²) in [5.74, 6) is 0.602. The van der Waals surface area contributed by atoms with Gasteiger partial charge in [0.2, 0.25) is 0 Å². The second kappa shape index (κ2) is 5.64. The van der Waals surface area contributed by atoms with Crippen LogP contribution in [0.2, 0.25) is 0 Å². The van der Waals surface area contributed by atoms with Gasteiger partial charge in [-0.2, -0.15) is 0 Å². The van der Waals surface area contributed by atoms with E-state index in [4.69, 9.17) is 15.7 Å². The third-order valence-corrected chi connectivity index (χ3v) is 3.35. The van der Waals surface area contributed by atoms with Crippen LogP contribution in [0.25, 0.3) is 0 Å². The maximum atomic E-state index is 8.83. The van der Waals surface area contributed by atoms with E-state index in [1.807, 2.05) is 36.6 Å². The molecule has 0 spiro atoms. The number of hydrogen-bond acceptors (Lipinski definition) is 4. The Hall–Kier alpha value is -2.50. The van der Waals surface area contributed by atoms with Crippen LogP contribution in [-0.4, -0.2) is 27.7 Å². The minimum atomic E-state index is 0.0298. The highest BCUT2D eigenvalue weighted by Crippen LogP contribution is 2.20. The van der Waals surface area contributed by atoms with Gasteiger partial charge in [-0.05, 0) is 31.5 Å². The zero-order chi connectivity index (χ0) is 14.7. The van der Waals surface area contributed by atoms with E-state index in [2.05, 4.69) is 10.1 Å². The molecular formula is C14H18N4O2. The summed E-state index contributed by atoms with van der Waals surface area (Å²) in [7, 11) is 1.55. The molecule has 1 heterocycles. The van der Waals surface area contributed by atoms with Crippen LogP contribution >= 0.6 is 0 Å². The molecule has 0 fully saturated rings. The Morgan fingerprint density at radius 1 is 1.45 bits per heavy atom. The summed E-state index contributed by atoms with van der Waals surface area (Å²) in [5, 5.41) is 11.9. The van der Waals surface area contributed by atoms with Crippen LogP contribution in [0.4, 0.5) is 0 Å². The van der Waals surface area contributed by atoms with Crippen molar-refractivity contribution in [3.63, 3.8) is 0 Å². The van der Waals surface area contributed by atoms with E-state index in [1.54, 1.807) is 13.4 Å². The minimum Gasteiger partial charge on any atom is -0.496 e. The van der Waals surface area contributed by atoms with Crippen molar-refractivity contribution in [1.29, 1.82) is 0 Å². The number of benzene rings is 1. The fraction of sp³-hybridized carbons (Fsp3) is 0.286. The van der Waals surface area contributed by atoms with Gasteiger partial charge in [-0.25, -0.2) is 4.98 Å². The van der Waals surface area contributed by atoms with Gasteiger partial charge < -0.3 is 20.2 Å². The molecule has 0 aliphatic rings. The molecule has 6 nitrogen and oxygen atoms in total. The molecule has 0 radical (unpaired) electrons. The number of imidazole rings is 1. The summed E-state index contributed by atoms with van der Waals surface area (Å²) < 4.78 is 7.26. The molecule has 2 rings (SSSR count). The average Bonchev–Trinajstić information content (AvgIpc) is 2.78. The van der Waals surface area contributed by atoms with Gasteiger partial charge in [-0.1, -0.05) is 11.2 Å². The quantitative estimate of drug-likeness (QED) is 0.384. The SMILES string of the molecule is COc1ccc(Cn2cnc(C)c2C)cc1C(N)=NO. The van der Waals surface area contributed by atoms with Crippen LogP contribution in [-0.2, 0) is 6.54 Å². The van der Waals surface area contributed by atoms with Crippen molar-refractivity contribution in [3.8, 4) is 5.75 Å². The van der Waals surface area contributed by atoms with Gasteiger partial charge in [-0.15, -0.1) is 0 Å². The lowest BCUT2D eigenvalue weighted by atomic mass is 10.1. The summed E-state index contributed by atoms with van der Waals surface area (Å²) in [5.41, 5.74) is 9.39. The number of nitrogens with two attached hydrogens (primary N) is 1. The van der Waals surface area contributed by atoms with Gasteiger partial charge in [0.05, 0.1) is 24.7 Å². The molecule has 3 N–H and O–H groups in total. The molecule has 0 unspecified atom stereocenters. The number of amidine groups is 1. The lowest BCUT2D eigenvalue weighted by Crippen LogP contribution is -2.15. The van der Waals surface area contributed by atoms with Crippen molar-refractivity contribution in [2.24, 2.45) is 10.9 Å². The zero-order valence-corrected chi connectivity index (χ0v) is 11.8. The van der Waals surface area contributed by atoms with Gasteiger partial charge in [-0.3, -0.25) is 0 Å². The highest BCUT2D eigenvalue weighted by atomic mass is 16.5. The summed E-state index contributed by atoms with van der Waals surface area (Å²) in [6, 6.07) is 5.60. The molecule has 0 amide bonds. The fourth-order valence-corrected chi connectivity index (χ4v) is 2.01. The Morgan fingerprint density at radius 2 is 2.20 bits per heavy atom. The monoisotopic (exact) mass is 274 g/mol. The van der Waals surface area contributed by atoms with E-state index < -0.39 is 0 Å². The predicted octanol–water partition coefficient (Wildman–Crippen LogP) is 1.65. The number of ether oxygens (including phenoxy) is 1. The molecule has 106 valence electrons. The Kier molecular flexibility index (Phi) is 3.93. The van der Waals surface area contributed by atoms with E-state index in [0.717, 1.165) is 17.0 Å². The van der Waals surface area contributed by atoms with Gasteiger partial charge in [0, 0.05) is 12.2 Å². The second-order valence-electron chi connectivity index (χ2n) is 4.56. The fourth-order valence-electron chi connectivity index (χ4n) is 2.01. The highest BCUT2D eigenvalue weighted by molar-refractivity contribution is 5.99. The van der Waals surface area contributed by atoms with E-state index in [-0.39, 0.29) is 5.84 Å². The molecule has 20 heavy (non-hydrogen) atoms. The first kappa shape index (κ1) is 13.9. The lowest BCUT2D eigenvalue weighted by Gasteiger charge is -2.11. The molecule has 1 aromatic carbocycles. The Balaban J connectivity index is 2.36. The van der Waals surface area contributed by atoms with Gasteiger partial charge in [0.1, 0.15) is 5.75 Å². The molecule has 0 aliphatic heterocycles. The largest absolute Gasteiger partial charge is 0.496 e. The molecule has 0 atom stereocenters. The smallest absolute Gasteiger partial charge is 0.173 e.